The van der Waals surface area contributed by atoms with Gasteiger partial charge in [0.15, 0.2) is 0 Å². The Morgan fingerprint density at radius 3 is 2.17 bits per heavy atom. The molecule has 7 nitrogen and oxygen atoms in total. The van der Waals surface area contributed by atoms with Crippen LogP contribution in [0.25, 0.3) is 0 Å². The monoisotopic (exact) mass is 423 g/mol. The van der Waals surface area contributed by atoms with E-state index in [1.807, 2.05) is 46.8 Å². The van der Waals surface area contributed by atoms with Crippen LogP contribution < -0.4 is 16.0 Å². The molecule has 3 N–H and O–H groups in total. The third-order valence-corrected chi connectivity index (χ3v) is 5.07. The van der Waals surface area contributed by atoms with E-state index in [1.165, 1.54) is 0 Å². The fourth-order valence-electron chi connectivity index (χ4n) is 2.99. The van der Waals surface area contributed by atoms with Gasteiger partial charge in [-0.25, -0.2) is 0 Å². The Hall–Kier alpha value is -1.98. The van der Waals surface area contributed by atoms with E-state index >= 15 is 0 Å². The van der Waals surface area contributed by atoms with Gasteiger partial charge in [0, 0.05) is 15.2 Å². The molecule has 3 amide bonds. The first-order valence-corrected chi connectivity index (χ1v) is 10.4. The van der Waals surface area contributed by atoms with Crippen LogP contribution in [0.4, 0.5) is 5.69 Å². The number of benzene rings is 1. The number of rotatable bonds is 8. The molecule has 0 aliphatic carbocycles. The van der Waals surface area contributed by atoms with Gasteiger partial charge in [-0.1, -0.05) is 52.8 Å². The van der Waals surface area contributed by atoms with Crippen molar-refractivity contribution in [1.29, 1.82) is 0 Å². The second-order valence-corrected chi connectivity index (χ2v) is 8.32. The molecule has 0 aliphatic rings. The van der Waals surface area contributed by atoms with Gasteiger partial charge < -0.3 is 20.5 Å². The summed E-state index contributed by atoms with van der Waals surface area (Å²) in [6.07, 6.45) is 1.27. The van der Waals surface area contributed by atoms with Crippen LogP contribution in [0.2, 0.25) is 0 Å². The number of carbonyl (C=O) groups is 3. The zero-order valence-corrected chi connectivity index (χ0v) is 19.3. The van der Waals surface area contributed by atoms with Gasteiger partial charge in [-0.15, -0.1) is 0 Å². The van der Waals surface area contributed by atoms with E-state index in [0.29, 0.717) is 12.1 Å². The lowest BCUT2D eigenvalue weighted by molar-refractivity contribution is -0.138. The predicted octanol–water partition coefficient (Wildman–Crippen LogP) is 2.91. The normalized spacial score (nSPS) is 14.4. The molecule has 0 spiro atoms. The van der Waals surface area contributed by atoms with Gasteiger partial charge in [-0.2, -0.15) is 0 Å². The fraction of sp³-hybridized carbons (Fsp3) is 0.571. The van der Waals surface area contributed by atoms with Gasteiger partial charge in [-0.3, -0.25) is 14.4 Å². The molecule has 1 aromatic carbocycles. The maximum absolute atomic E-state index is 12.4. The molecule has 4 atom stereocenters. The summed E-state index contributed by atoms with van der Waals surface area (Å²) in [5.74, 6) is -2.04. The molecule has 2 unspecified atom stereocenters. The third-order valence-electron chi connectivity index (χ3n) is 4.72. The molecule has 1 rings (SSSR count). The Morgan fingerprint density at radius 2 is 1.66 bits per heavy atom. The SMILES string of the molecule is CCC(OP)[C@H](CC)NC(=O)[C@H](C)NC(=O)C(=O)Nc1ccccc1C(C)(C)C. The average Bonchev–Trinajstić information content (AvgIpc) is 2.67. The summed E-state index contributed by atoms with van der Waals surface area (Å²) in [4.78, 5) is 37.1. The average molecular weight is 423 g/mol. The molecule has 0 aliphatic heterocycles. The van der Waals surface area contributed by atoms with Gasteiger partial charge in [0.2, 0.25) is 5.91 Å². The van der Waals surface area contributed by atoms with Crippen LogP contribution in [0.3, 0.4) is 0 Å². The van der Waals surface area contributed by atoms with E-state index in [9.17, 15) is 14.4 Å². The number of hydrogen-bond acceptors (Lipinski definition) is 4. The smallest absolute Gasteiger partial charge is 0.313 e. The zero-order valence-electron chi connectivity index (χ0n) is 18.2. The van der Waals surface area contributed by atoms with Crippen LogP contribution >= 0.6 is 9.47 Å². The molecule has 0 heterocycles. The highest BCUT2D eigenvalue weighted by Gasteiger charge is 2.26. The van der Waals surface area contributed by atoms with Crippen LogP contribution in [0, 0.1) is 0 Å². The van der Waals surface area contributed by atoms with Crippen molar-refractivity contribution in [3.8, 4) is 0 Å². The summed E-state index contributed by atoms with van der Waals surface area (Å²) in [7, 11) is 2.22. The minimum absolute atomic E-state index is 0.144. The largest absolute Gasteiger partial charge is 0.360 e. The highest BCUT2D eigenvalue weighted by molar-refractivity contribution is 7.09. The Kier molecular flexibility index (Phi) is 9.74. The first kappa shape index (κ1) is 25.1. The van der Waals surface area contributed by atoms with E-state index in [1.54, 1.807) is 19.1 Å². The number of anilines is 1. The zero-order chi connectivity index (χ0) is 22.2. The van der Waals surface area contributed by atoms with Gasteiger partial charge in [0.1, 0.15) is 6.04 Å². The second kappa shape index (κ2) is 11.3. The van der Waals surface area contributed by atoms with Crippen LogP contribution in [-0.2, 0) is 24.3 Å². The van der Waals surface area contributed by atoms with Crippen molar-refractivity contribution in [3.05, 3.63) is 29.8 Å². The lowest BCUT2D eigenvalue weighted by atomic mass is 9.86. The van der Waals surface area contributed by atoms with Crippen LogP contribution in [0.5, 0.6) is 0 Å². The minimum Gasteiger partial charge on any atom is -0.360 e. The van der Waals surface area contributed by atoms with E-state index in [-0.39, 0.29) is 23.5 Å². The highest BCUT2D eigenvalue weighted by Crippen LogP contribution is 2.29. The number of nitrogens with one attached hydrogen (secondary N) is 3. The molecule has 0 radical (unpaired) electrons. The quantitative estimate of drug-likeness (QED) is 0.442. The molecule has 29 heavy (non-hydrogen) atoms. The van der Waals surface area contributed by atoms with Gasteiger partial charge in [-0.05, 0) is 36.8 Å². The molecule has 162 valence electrons. The van der Waals surface area contributed by atoms with Crippen LogP contribution in [0.1, 0.15) is 59.9 Å². The van der Waals surface area contributed by atoms with Crippen molar-refractivity contribution in [2.45, 2.75) is 78.0 Å². The van der Waals surface area contributed by atoms with Crippen molar-refractivity contribution < 1.29 is 18.9 Å². The molecule has 0 bridgehead atoms. The fourth-order valence-corrected chi connectivity index (χ4v) is 3.38. The predicted molar refractivity (Wildman–Crippen MR) is 118 cm³/mol. The molecule has 0 fully saturated rings. The van der Waals surface area contributed by atoms with Crippen molar-refractivity contribution >= 4 is 32.9 Å². The van der Waals surface area contributed by atoms with E-state index in [2.05, 4.69) is 25.4 Å². The molecule has 0 saturated heterocycles. The molecular formula is C21H34N3O4P. The number of para-hydroxylation sites is 1. The van der Waals surface area contributed by atoms with E-state index in [0.717, 1.165) is 12.0 Å². The maximum Gasteiger partial charge on any atom is 0.313 e. The lowest BCUT2D eigenvalue weighted by Gasteiger charge is -2.26. The highest BCUT2D eigenvalue weighted by atomic mass is 31.0. The standard InChI is InChI=1S/C21H34N3O4P/c1-7-15(17(8-2)28-29)23-18(25)13(3)22-19(26)20(27)24-16-12-10-9-11-14(16)21(4,5)6/h9-13,15,17H,7-8,29H2,1-6H3,(H,22,26)(H,23,25)(H,24,27)/t13-,15-,17?/m0/s1. The van der Waals surface area contributed by atoms with Crippen LogP contribution in [-0.4, -0.2) is 35.9 Å². The van der Waals surface area contributed by atoms with Crippen molar-refractivity contribution in [1.82, 2.24) is 10.6 Å². The van der Waals surface area contributed by atoms with Gasteiger partial charge in [0.05, 0.1) is 12.1 Å². The summed E-state index contributed by atoms with van der Waals surface area (Å²) in [5, 5.41) is 7.97. The summed E-state index contributed by atoms with van der Waals surface area (Å²) < 4.78 is 5.31. The topological polar surface area (TPSA) is 96.5 Å². The second-order valence-electron chi connectivity index (χ2n) is 8.05. The number of carbonyl (C=O) groups excluding carboxylic acids is 3. The summed E-state index contributed by atoms with van der Waals surface area (Å²) in [6, 6.07) is 6.30. The molecule has 1 aromatic rings. The summed E-state index contributed by atoms with van der Waals surface area (Å²) in [5.41, 5.74) is 1.30. The van der Waals surface area contributed by atoms with E-state index in [4.69, 9.17) is 4.52 Å². The third kappa shape index (κ3) is 7.41. The van der Waals surface area contributed by atoms with E-state index < -0.39 is 17.9 Å². The summed E-state index contributed by atoms with van der Waals surface area (Å²) in [6.45, 7) is 11.5. The first-order valence-electron chi connectivity index (χ1n) is 9.92. The molecule has 0 aromatic heterocycles. The number of hydrogen-bond donors (Lipinski definition) is 3. The van der Waals surface area contributed by atoms with Gasteiger partial charge >= 0.3 is 11.8 Å². The van der Waals surface area contributed by atoms with Gasteiger partial charge in [0.25, 0.3) is 0 Å². The maximum atomic E-state index is 12.4. The summed E-state index contributed by atoms with van der Waals surface area (Å²) >= 11 is 0. The Balaban J connectivity index is 2.74. The molecule has 0 saturated carbocycles. The molecular weight excluding hydrogens is 389 g/mol. The lowest BCUT2D eigenvalue weighted by Crippen LogP contribution is -2.52. The molecule has 8 heteroatoms. The number of amides is 3. The van der Waals surface area contributed by atoms with Crippen molar-refractivity contribution in [3.63, 3.8) is 0 Å². The minimum atomic E-state index is -0.862. The Morgan fingerprint density at radius 1 is 1.03 bits per heavy atom. The van der Waals surface area contributed by atoms with Crippen molar-refractivity contribution in [2.75, 3.05) is 5.32 Å². The van der Waals surface area contributed by atoms with Crippen molar-refractivity contribution in [2.24, 2.45) is 0 Å². The van der Waals surface area contributed by atoms with Crippen LogP contribution in [0.15, 0.2) is 24.3 Å². The first-order chi connectivity index (χ1) is 13.5. The Labute approximate surface area is 176 Å². The Bertz CT molecular complexity index is 714.